The third-order valence-corrected chi connectivity index (χ3v) is 4.92. The number of hydrogen-bond acceptors (Lipinski definition) is 2. The molecule has 1 aliphatic rings. The zero-order chi connectivity index (χ0) is 10.7. The van der Waals surface area contributed by atoms with Crippen LogP contribution < -0.4 is 5.32 Å². The van der Waals surface area contributed by atoms with E-state index >= 15 is 0 Å². The summed E-state index contributed by atoms with van der Waals surface area (Å²) in [6.45, 7) is 1.09. The normalized spacial score (nSPS) is 20.5. The van der Waals surface area contributed by atoms with Gasteiger partial charge >= 0.3 is 0 Å². The lowest BCUT2D eigenvalue weighted by molar-refractivity contribution is 0.631. The number of hydrogen-bond donors (Lipinski definition) is 1. The third-order valence-electron chi connectivity index (χ3n) is 2.54. The molecule has 1 N–H and O–H groups in total. The molecule has 0 radical (unpaired) electrons. The maximum absolute atomic E-state index is 3.56. The fourth-order valence-electron chi connectivity index (χ4n) is 1.63. The van der Waals surface area contributed by atoms with Crippen LogP contribution in [0.15, 0.2) is 27.1 Å². The summed E-state index contributed by atoms with van der Waals surface area (Å²) in [4.78, 5) is 0. The van der Waals surface area contributed by atoms with Gasteiger partial charge < -0.3 is 5.32 Å². The molecule has 0 saturated carbocycles. The summed E-state index contributed by atoms with van der Waals surface area (Å²) in [6.07, 6.45) is 1.35. The van der Waals surface area contributed by atoms with Gasteiger partial charge in [-0.05, 0) is 58.0 Å². The van der Waals surface area contributed by atoms with E-state index in [1.165, 1.54) is 23.6 Å². The first-order valence-corrected chi connectivity index (χ1v) is 7.76. The van der Waals surface area contributed by atoms with E-state index in [0.29, 0.717) is 0 Å². The number of benzene rings is 1. The van der Waals surface area contributed by atoms with Crippen LogP contribution in [0, 0.1) is 5.92 Å². The lowest BCUT2D eigenvalue weighted by Crippen LogP contribution is -2.13. The van der Waals surface area contributed by atoms with E-state index in [9.17, 15) is 0 Å². The molecular weight excluding hydrogens is 338 g/mol. The highest BCUT2D eigenvalue weighted by Crippen LogP contribution is 2.28. The minimum Gasteiger partial charge on any atom is -0.384 e. The van der Waals surface area contributed by atoms with Crippen LogP contribution in [0.4, 0.5) is 5.69 Å². The molecule has 4 heteroatoms. The highest BCUT2D eigenvalue weighted by atomic mass is 79.9. The fourth-order valence-corrected chi connectivity index (χ4v) is 4.10. The van der Waals surface area contributed by atoms with Gasteiger partial charge in [-0.15, -0.1) is 0 Å². The van der Waals surface area contributed by atoms with Crippen molar-refractivity contribution in [3.63, 3.8) is 0 Å². The van der Waals surface area contributed by atoms with Crippen molar-refractivity contribution in [1.82, 2.24) is 0 Å². The number of rotatable bonds is 3. The van der Waals surface area contributed by atoms with Gasteiger partial charge in [-0.3, -0.25) is 0 Å². The van der Waals surface area contributed by atoms with Gasteiger partial charge in [0.15, 0.2) is 0 Å². The van der Waals surface area contributed by atoms with Crippen LogP contribution in [0.3, 0.4) is 0 Å². The van der Waals surface area contributed by atoms with Gasteiger partial charge in [0.25, 0.3) is 0 Å². The van der Waals surface area contributed by atoms with Crippen molar-refractivity contribution in [2.45, 2.75) is 6.42 Å². The molecule has 1 aromatic rings. The molecule has 0 aliphatic carbocycles. The minimum absolute atomic E-state index is 0.838. The SMILES string of the molecule is Brc1ccc(NCC2CCSC2)c(Br)c1. The Balaban J connectivity index is 1.92. The average Bonchev–Trinajstić information content (AvgIpc) is 2.69. The summed E-state index contributed by atoms with van der Waals surface area (Å²) >= 11 is 9.08. The lowest BCUT2D eigenvalue weighted by atomic mass is 10.1. The molecule has 1 atom stereocenters. The molecule has 1 unspecified atom stereocenters. The van der Waals surface area contributed by atoms with Crippen LogP contribution in [-0.2, 0) is 0 Å². The van der Waals surface area contributed by atoms with E-state index < -0.39 is 0 Å². The first-order valence-electron chi connectivity index (χ1n) is 5.02. The summed E-state index contributed by atoms with van der Waals surface area (Å²) in [7, 11) is 0. The second kappa shape index (κ2) is 5.60. The largest absolute Gasteiger partial charge is 0.384 e. The maximum Gasteiger partial charge on any atom is 0.0485 e. The molecule has 1 heterocycles. The van der Waals surface area contributed by atoms with Crippen molar-refractivity contribution < 1.29 is 0 Å². The van der Waals surface area contributed by atoms with E-state index in [-0.39, 0.29) is 0 Å². The van der Waals surface area contributed by atoms with Crippen LogP contribution in [0.25, 0.3) is 0 Å². The molecule has 0 bridgehead atoms. The van der Waals surface area contributed by atoms with Gasteiger partial charge in [-0.25, -0.2) is 0 Å². The predicted molar refractivity (Wildman–Crippen MR) is 75.8 cm³/mol. The van der Waals surface area contributed by atoms with E-state index in [1.54, 1.807) is 0 Å². The van der Waals surface area contributed by atoms with Gasteiger partial charge in [0.05, 0.1) is 0 Å². The number of halogens is 2. The molecular formula is C11H13Br2NS. The third kappa shape index (κ3) is 3.40. The van der Waals surface area contributed by atoms with Crippen molar-refractivity contribution in [2.24, 2.45) is 5.92 Å². The van der Waals surface area contributed by atoms with Crippen LogP contribution in [-0.4, -0.2) is 18.1 Å². The molecule has 1 saturated heterocycles. The Labute approximate surface area is 112 Å². The monoisotopic (exact) mass is 349 g/mol. The maximum atomic E-state index is 3.56. The molecule has 2 rings (SSSR count). The summed E-state index contributed by atoms with van der Waals surface area (Å²) in [5, 5.41) is 3.50. The first kappa shape index (κ1) is 11.8. The zero-order valence-corrected chi connectivity index (χ0v) is 12.3. The highest BCUT2D eigenvalue weighted by molar-refractivity contribution is 9.11. The number of thioether (sulfide) groups is 1. The molecule has 15 heavy (non-hydrogen) atoms. The Morgan fingerprint density at radius 2 is 2.27 bits per heavy atom. The standard InChI is InChI=1S/C11H13Br2NS/c12-9-1-2-11(10(13)5-9)14-6-8-3-4-15-7-8/h1-2,5,8,14H,3-4,6-7H2. The highest BCUT2D eigenvalue weighted by Gasteiger charge is 2.15. The molecule has 0 amide bonds. The Hall–Kier alpha value is 0.330. The van der Waals surface area contributed by atoms with Gasteiger partial charge in [0, 0.05) is 21.2 Å². The Kier molecular flexibility index (Phi) is 4.40. The van der Waals surface area contributed by atoms with Gasteiger partial charge in [-0.1, -0.05) is 15.9 Å². The van der Waals surface area contributed by atoms with Gasteiger partial charge in [0.2, 0.25) is 0 Å². The van der Waals surface area contributed by atoms with Crippen LogP contribution in [0.5, 0.6) is 0 Å². The second-order valence-electron chi connectivity index (χ2n) is 3.73. The quantitative estimate of drug-likeness (QED) is 0.868. The van der Waals surface area contributed by atoms with E-state index in [1.807, 2.05) is 0 Å². The zero-order valence-electron chi connectivity index (χ0n) is 8.30. The van der Waals surface area contributed by atoms with Gasteiger partial charge in [0.1, 0.15) is 0 Å². The lowest BCUT2D eigenvalue weighted by Gasteiger charge is -2.12. The second-order valence-corrected chi connectivity index (χ2v) is 6.65. The van der Waals surface area contributed by atoms with Crippen molar-refractivity contribution in [3.8, 4) is 0 Å². The van der Waals surface area contributed by atoms with Crippen LogP contribution in [0.1, 0.15) is 6.42 Å². The summed E-state index contributed by atoms with van der Waals surface area (Å²) in [5.41, 5.74) is 1.19. The van der Waals surface area contributed by atoms with Crippen LogP contribution >= 0.6 is 43.6 Å². The molecule has 1 aromatic carbocycles. The van der Waals surface area contributed by atoms with Crippen molar-refractivity contribution in [3.05, 3.63) is 27.1 Å². The molecule has 1 aliphatic heterocycles. The first-order chi connectivity index (χ1) is 7.25. The molecule has 1 nitrogen and oxygen atoms in total. The van der Waals surface area contributed by atoms with E-state index in [4.69, 9.17) is 0 Å². The van der Waals surface area contributed by atoms with Crippen molar-refractivity contribution >= 4 is 49.3 Å². The Morgan fingerprint density at radius 3 is 2.93 bits per heavy atom. The number of nitrogens with one attached hydrogen (secondary N) is 1. The summed E-state index contributed by atoms with van der Waals surface area (Å²) in [6, 6.07) is 6.25. The molecule has 82 valence electrons. The van der Waals surface area contributed by atoms with Crippen molar-refractivity contribution in [1.29, 1.82) is 0 Å². The predicted octanol–water partition coefficient (Wildman–Crippen LogP) is 4.38. The fraction of sp³-hybridized carbons (Fsp3) is 0.455. The number of anilines is 1. The molecule has 0 spiro atoms. The van der Waals surface area contributed by atoms with Crippen LogP contribution in [0.2, 0.25) is 0 Å². The smallest absolute Gasteiger partial charge is 0.0485 e. The van der Waals surface area contributed by atoms with E-state index in [2.05, 4.69) is 67.1 Å². The Bertz CT molecular complexity index is 337. The van der Waals surface area contributed by atoms with Crippen molar-refractivity contribution in [2.75, 3.05) is 23.4 Å². The summed E-state index contributed by atoms with van der Waals surface area (Å²) < 4.78 is 2.24. The van der Waals surface area contributed by atoms with Gasteiger partial charge in [-0.2, -0.15) is 11.8 Å². The van der Waals surface area contributed by atoms with E-state index in [0.717, 1.165) is 21.4 Å². The topological polar surface area (TPSA) is 12.0 Å². The molecule has 1 fully saturated rings. The summed E-state index contributed by atoms with van der Waals surface area (Å²) in [5.74, 6) is 3.47. The molecule has 0 aromatic heterocycles. The Morgan fingerprint density at radius 1 is 1.40 bits per heavy atom. The average molecular weight is 351 g/mol. The minimum atomic E-state index is 0.838.